The Labute approximate surface area is 83.3 Å². The first-order valence-corrected chi connectivity index (χ1v) is 4.56. The van der Waals surface area contributed by atoms with Crippen LogP contribution in [-0.2, 0) is 9.53 Å². The molecule has 0 saturated heterocycles. The molecule has 76 valence electrons. The zero-order valence-electron chi connectivity index (χ0n) is 8.65. The monoisotopic (exact) mass is 194 g/mol. The number of ether oxygens (including phenoxy) is 1. The fourth-order valence-corrected chi connectivity index (χ4v) is 1.23. The van der Waals surface area contributed by atoms with E-state index in [4.69, 9.17) is 0 Å². The summed E-state index contributed by atoms with van der Waals surface area (Å²) in [7, 11) is 1.38. The van der Waals surface area contributed by atoms with Gasteiger partial charge in [-0.25, -0.2) is 9.97 Å². The maximum Gasteiger partial charge on any atom is 0.316 e. The Hall–Kier alpha value is -1.45. The Kier molecular flexibility index (Phi) is 3.56. The lowest BCUT2D eigenvalue weighted by molar-refractivity contribution is -0.142. The molecular weight excluding hydrogens is 180 g/mol. The SMILES string of the molecule is CCC(C(=O)OC)c1nccc(C)n1. The lowest BCUT2D eigenvalue weighted by atomic mass is 10.1. The van der Waals surface area contributed by atoms with Crippen molar-refractivity contribution in [2.24, 2.45) is 0 Å². The van der Waals surface area contributed by atoms with Crippen molar-refractivity contribution in [1.29, 1.82) is 0 Å². The van der Waals surface area contributed by atoms with Gasteiger partial charge in [0.1, 0.15) is 11.7 Å². The molecule has 0 N–H and O–H groups in total. The van der Waals surface area contributed by atoms with Crippen molar-refractivity contribution < 1.29 is 9.53 Å². The molecule has 1 heterocycles. The van der Waals surface area contributed by atoms with Gasteiger partial charge in [-0.05, 0) is 19.4 Å². The molecule has 1 unspecified atom stereocenters. The molecule has 0 spiro atoms. The molecule has 0 aliphatic heterocycles. The smallest absolute Gasteiger partial charge is 0.316 e. The van der Waals surface area contributed by atoms with E-state index < -0.39 is 0 Å². The lowest BCUT2D eigenvalue weighted by Crippen LogP contribution is -2.16. The number of rotatable bonds is 3. The Balaban J connectivity index is 2.94. The fraction of sp³-hybridized carbons (Fsp3) is 0.500. The van der Waals surface area contributed by atoms with E-state index in [1.807, 2.05) is 13.8 Å². The number of aryl methyl sites for hydroxylation is 1. The van der Waals surface area contributed by atoms with Crippen LogP contribution in [0.15, 0.2) is 12.3 Å². The molecule has 0 bridgehead atoms. The summed E-state index contributed by atoms with van der Waals surface area (Å²) in [6.45, 7) is 3.78. The number of hydrogen-bond acceptors (Lipinski definition) is 4. The van der Waals surface area contributed by atoms with Crippen LogP contribution < -0.4 is 0 Å². The highest BCUT2D eigenvalue weighted by Crippen LogP contribution is 2.16. The molecule has 1 aromatic rings. The first kappa shape index (κ1) is 10.6. The summed E-state index contributed by atoms with van der Waals surface area (Å²) in [5.41, 5.74) is 0.859. The number of carbonyl (C=O) groups is 1. The Morgan fingerprint density at radius 3 is 2.86 bits per heavy atom. The number of hydrogen-bond donors (Lipinski definition) is 0. The predicted molar refractivity (Wildman–Crippen MR) is 51.8 cm³/mol. The first-order valence-electron chi connectivity index (χ1n) is 4.56. The van der Waals surface area contributed by atoms with Crippen molar-refractivity contribution >= 4 is 5.97 Å². The second-order valence-electron chi connectivity index (χ2n) is 3.04. The molecule has 0 aliphatic carbocycles. The van der Waals surface area contributed by atoms with Crippen LogP contribution in [0.3, 0.4) is 0 Å². The van der Waals surface area contributed by atoms with Crippen LogP contribution in [0.1, 0.15) is 30.8 Å². The average molecular weight is 194 g/mol. The van der Waals surface area contributed by atoms with Crippen LogP contribution in [0.4, 0.5) is 0 Å². The van der Waals surface area contributed by atoms with Gasteiger partial charge in [0.25, 0.3) is 0 Å². The normalized spacial score (nSPS) is 12.2. The molecule has 0 fully saturated rings. The minimum Gasteiger partial charge on any atom is -0.468 e. The minimum absolute atomic E-state index is 0.280. The summed E-state index contributed by atoms with van der Waals surface area (Å²) in [4.78, 5) is 19.6. The summed E-state index contributed by atoms with van der Waals surface area (Å²) in [6, 6.07) is 1.80. The zero-order valence-corrected chi connectivity index (χ0v) is 8.65. The minimum atomic E-state index is -0.347. The van der Waals surface area contributed by atoms with Crippen LogP contribution in [0, 0.1) is 6.92 Å². The van der Waals surface area contributed by atoms with Crippen LogP contribution in [0.5, 0.6) is 0 Å². The van der Waals surface area contributed by atoms with Crippen molar-refractivity contribution in [3.63, 3.8) is 0 Å². The molecule has 0 radical (unpaired) electrons. The number of aromatic nitrogens is 2. The van der Waals surface area contributed by atoms with Crippen LogP contribution in [-0.4, -0.2) is 23.0 Å². The average Bonchev–Trinajstić information content (AvgIpc) is 2.19. The maximum absolute atomic E-state index is 11.4. The highest BCUT2D eigenvalue weighted by Gasteiger charge is 2.21. The van der Waals surface area contributed by atoms with E-state index in [1.165, 1.54) is 7.11 Å². The summed E-state index contributed by atoms with van der Waals surface area (Å²) >= 11 is 0. The quantitative estimate of drug-likeness (QED) is 0.683. The van der Waals surface area contributed by atoms with Crippen LogP contribution in [0.2, 0.25) is 0 Å². The number of carbonyl (C=O) groups excluding carboxylic acids is 1. The highest BCUT2D eigenvalue weighted by atomic mass is 16.5. The van der Waals surface area contributed by atoms with Gasteiger partial charge >= 0.3 is 5.97 Å². The number of nitrogens with zero attached hydrogens (tertiary/aromatic N) is 2. The molecule has 4 heteroatoms. The van der Waals surface area contributed by atoms with Crippen molar-refractivity contribution in [3.05, 3.63) is 23.8 Å². The Bertz CT molecular complexity index is 326. The number of esters is 1. The van der Waals surface area contributed by atoms with E-state index in [1.54, 1.807) is 12.3 Å². The van der Waals surface area contributed by atoms with Gasteiger partial charge in [-0.2, -0.15) is 0 Å². The van der Waals surface area contributed by atoms with E-state index in [9.17, 15) is 4.79 Å². The van der Waals surface area contributed by atoms with Gasteiger partial charge in [0, 0.05) is 11.9 Å². The molecule has 4 nitrogen and oxygen atoms in total. The van der Waals surface area contributed by atoms with Crippen molar-refractivity contribution in [3.8, 4) is 0 Å². The second-order valence-corrected chi connectivity index (χ2v) is 3.04. The summed E-state index contributed by atoms with van der Waals surface area (Å²) in [5.74, 6) is -0.0858. The maximum atomic E-state index is 11.4. The molecule has 0 aliphatic rings. The van der Waals surface area contributed by atoms with E-state index in [0.717, 1.165) is 5.69 Å². The predicted octanol–water partition coefficient (Wildman–Crippen LogP) is 1.45. The standard InChI is InChI=1S/C10H14N2O2/c1-4-8(10(13)14-3)9-11-6-5-7(2)12-9/h5-6,8H,4H2,1-3H3. The van der Waals surface area contributed by atoms with Crippen LogP contribution in [0.25, 0.3) is 0 Å². The number of methoxy groups -OCH3 is 1. The molecule has 1 aromatic heterocycles. The summed E-state index contributed by atoms with van der Waals surface area (Å²) in [5, 5.41) is 0. The molecule has 1 atom stereocenters. The molecular formula is C10H14N2O2. The Morgan fingerprint density at radius 1 is 1.64 bits per heavy atom. The van der Waals surface area contributed by atoms with Gasteiger partial charge in [-0.15, -0.1) is 0 Å². The van der Waals surface area contributed by atoms with Gasteiger partial charge in [0.2, 0.25) is 0 Å². The first-order chi connectivity index (χ1) is 6.69. The highest BCUT2D eigenvalue weighted by molar-refractivity contribution is 5.76. The molecule has 1 rings (SSSR count). The third kappa shape index (κ3) is 2.28. The van der Waals surface area contributed by atoms with Crippen molar-refractivity contribution in [2.75, 3.05) is 7.11 Å². The van der Waals surface area contributed by atoms with Gasteiger partial charge in [-0.3, -0.25) is 4.79 Å². The summed E-state index contributed by atoms with van der Waals surface area (Å²) in [6.07, 6.45) is 2.30. The van der Waals surface area contributed by atoms with Gasteiger partial charge in [0.15, 0.2) is 0 Å². The molecule has 14 heavy (non-hydrogen) atoms. The van der Waals surface area contributed by atoms with Crippen molar-refractivity contribution in [1.82, 2.24) is 9.97 Å². The largest absolute Gasteiger partial charge is 0.468 e. The topological polar surface area (TPSA) is 52.1 Å². The Morgan fingerprint density at radius 2 is 2.36 bits per heavy atom. The van der Waals surface area contributed by atoms with E-state index >= 15 is 0 Å². The third-order valence-electron chi connectivity index (χ3n) is 2.02. The van der Waals surface area contributed by atoms with E-state index in [2.05, 4.69) is 14.7 Å². The lowest BCUT2D eigenvalue weighted by Gasteiger charge is -2.10. The summed E-state index contributed by atoms with van der Waals surface area (Å²) < 4.78 is 4.68. The van der Waals surface area contributed by atoms with Gasteiger partial charge in [0.05, 0.1) is 7.11 Å². The molecule has 0 aromatic carbocycles. The third-order valence-corrected chi connectivity index (χ3v) is 2.02. The second kappa shape index (κ2) is 4.69. The fourth-order valence-electron chi connectivity index (χ4n) is 1.23. The van der Waals surface area contributed by atoms with Gasteiger partial charge in [-0.1, -0.05) is 6.92 Å². The molecule has 0 saturated carbocycles. The van der Waals surface area contributed by atoms with Crippen LogP contribution >= 0.6 is 0 Å². The van der Waals surface area contributed by atoms with Gasteiger partial charge < -0.3 is 4.74 Å². The van der Waals surface area contributed by atoms with Crippen molar-refractivity contribution in [2.45, 2.75) is 26.2 Å². The van der Waals surface area contributed by atoms with E-state index in [0.29, 0.717) is 12.2 Å². The van der Waals surface area contributed by atoms with E-state index in [-0.39, 0.29) is 11.9 Å². The molecule has 0 amide bonds. The zero-order chi connectivity index (χ0) is 10.6.